The van der Waals surface area contributed by atoms with Gasteiger partial charge in [0.15, 0.2) is 0 Å². The maximum Gasteiger partial charge on any atom is 0.247 e. The molecule has 0 spiro atoms. The molecule has 1 aliphatic rings. The minimum Gasteiger partial charge on any atom is -0.274 e. The van der Waals surface area contributed by atoms with E-state index in [1.807, 2.05) is 6.07 Å². The van der Waals surface area contributed by atoms with Crippen LogP contribution in [0, 0.1) is 0 Å². The Balaban J connectivity index is 1.82. The summed E-state index contributed by atoms with van der Waals surface area (Å²) in [6.45, 7) is 0. The van der Waals surface area contributed by atoms with Crippen molar-refractivity contribution < 1.29 is 9.59 Å². The van der Waals surface area contributed by atoms with Gasteiger partial charge in [0.25, 0.3) is 0 Å². The van der Waals surface area contributed by atoms with Crippen molar-refractivity contribution in [1.29, 1.82) is 0 Å². The average Bonchev–Trinajstić information content (AvgIpc) is 2.96. The second-order valence-electron chi connectivity index (χ2n) is 4.30. The van der Waals surface area contributed by atoms with Gasteiger partial charge in [-0.25, -0.2) is 9.58 Å². The van der Waals surface area contributed by atoms with Gasteiger partial charge in [0.2, 0.25) is 17.0 Å². The number of benzene rings is 1. The number of amides is 2. The van der Waals surface area contributed by atoms with Crippen LogP contribution in [0.4, 0.5) is 5.69 Å². The molecule has 0 unspecified atom stereocenters. The topological polar surface area (TPSA) is 81.0 Å². The number of anilines is 1. The lowest BCUT2D eigenvalue weighted by Crippen LogP contribution is -2.31. The van der Waals surface area contributed by atoms with E-state index >= 15 is 0 Å². The summed E-state index contributed by atoms with van der Waals surface area (Å²) in [5.41, 5.74) is 0.599. The number of tetrazole rings is 1. The molecule has 2 heterocycles. The lowest BCUT2D eigenvalue weighted by Gasteiger charge is -2.14. The summed E-state index contributed by atoms with van der Waals surface area (Å²) in [7, 11) is 1.69. The van der Waals surface area contributed by atoms with E-state index in [2.05, 4.69) is 15.5 Å². The van der Waals surface area contributed by atoms with E-state index in [0.29, 0.717) is 10.8 Å². The number of hydrogen-bond acceptors (Lipinski definition) is 6. The first-order chi connectivity index (χ1) is 9.66. The van der Waals surface area contributed by atoms with Gasteiger partial charge in [-0.05, 0) is 22.6 Å². The van der Waals surface area contributed by atoms with Crippen LogP contribution in [-0.2, 0) is 16.6 Å². The molecule has 20 heavy (non-hydrogen) atoms. The van der Waals surface area contributed by atoms with E-state index in [9.17, 15) is 9.59 Å². The molecule has 0 bridgehead atoms. The third-order valence-corrected chi connectivity index (χ3v) is 4.16. The molecule has 1 atom stereocenters. The number of para-hydroxylation sites is 1. The highest BCUT2D eigenvalue weighted by Crippen LogP contribution is 2.32. The number of imide groups is 1. The number of carbonyl (C=O) groups excluding carboxylic acids is 2. The van der Waals surface area contributed by atoms with Crippen LogP contribution in [0.25, 0.3) is 0 Å². The monoisotopic (exact) mass is 289 g/mol. The number of hydrogen-bond donors (Lipinski definition) is 0. The molecule has 7 nitrogen and oxygen atoms in total. The highest BCUT2D eigenvalue weighted by atomic mass is 32.2. The van der Waals surface area contributed by atoms with Crippen molar-refractivity contribution in [3.63, 3.8) is 0 Å². The first-order valence-corrected chi connectivity index (χ1v) is 6.85. The van der Waals surface area contributed by atoms with Crippen LogP contribution >= 0.6 is 11.8 Å². The van der Waals surface area contributed by atoms with Crippen molar-refractivity contribution in [2.45, 2.75) is 16.8 Å². The summed E-state index contributed by atoms with van der Waals surface area (Å²) >= 11 is 1.21. The molecule has 1 aliphatic heterocycles. The van der Waals surface area contributed by atoms with Crippen molar-refractivity contribution in [3.05, 3.63) is 30.3 Å². The molecule has 8 heteroatoms. The first-order valence-electron chi connectivity index (χ1n) is 5.97. The summed E-state index contributed by atoms with van der Waals surface area (Å²) in [6, 6.07) is 8.91. The van der Waals surface area contributed by atoms with Crippen LogP contribution in [0.1, 0.15) is 6.42 Å². The van der Waals surface area contributed by atoms with Gasteiger partial charge in [0.05, 0.1) is 5.69 Å². The number of carbonyl (C=O) groups is 2. The van der Waals surface area contributed by atoms with E-state index in [4.69, 9.17) is 0 Å². The van der Waals surface area contributed by atoms with E-state index in [1.54, 1.807) is 31.3 Å². The number of aryl methyl sites for hydroxylation is 1. The molecule has 1 fully saturated rings. The standard InChI is InChI=1S/C12H11N5O2S/c1-16-12(13-14-15-16)20-9-7-10(18)17(11(9)19)8-5-3-2-4-6-8/h2-6,9H,7H2,1H3/t9-/m0/s1. The lowest BCUT2D eigenvalue weighted by molar-refractivity contribution is -0.121. The number of rotatable bonds is 3. The molecule has 1 saturated heterocycles. The Bertz CT molecular complexity index is 657. The van der Waals surface area contributed by atoms with Gasteiger partial charge in [0, 0.05) is 13.5 Å². The summed E-state index contributed by atoms with van der Waals surface area (Å²) in [6.07, 6.45) is 0.158. The molecule has 2 amide bonds. The fourth-order valence-electron chi connectivity index (χ4n) is 1.99. The molecule has 1 aromatic heterocycles. The van der Waals surface area contributed by atoms with Crippen molar-refractivity contribution in [1.82, 2.24) is 20.2 Å². The van der Waals surface area contributed by atoms with Crippen LogP contribution in [0.5, 0.6) is 0 Å². The van der Waals surface area contributed by atoms with E-state index in [1.165, 1.54) is 21.3 Å². The quantitative estimate of drug-likeness (QED) is 0.771. The molecule has 0 saturated carbocycles. The normalized spacial score (nSPS) is 18.9. The van der Waals surface area contributed by atoms with Gasteiger partial charge in [0.1, 0.15) is 5.25 Å². The molecule has 102 valence electrons. The first kappa shape index (κ1) is 12.8. The third kappa shape index (κ3) is 2.18. The Labute approximate surface area is 118 Å². The molecule has 0 radical (unpaired) electrons. The largest absolute Gasteiger partial charge is 0.274 e. The summed E-state index contributed by atoms with van der Waals surface area (Å²) in [5, 5.41) is 11.1. The smallest absolute Gasteiger partial charge is 0.247 e. The highest BCUT2D eigenvalue weighted by Gasteiger charge is 2.40. The maximum atomic E-state index is 12.4. The van der Waals surface area contributed by atoms with Gasteiger partial charge in [-0.15, -0.1) is 5.10 Å². The maximum absolute atomic E-state index is 12.4. The number of thioether (sulfide) groups is 1. The summed E-state index contributed by atoms with van der Waals surface area (Å²) in [5.74, 6) is -0.428. The zero-order chi connectivity index (χ0) is 14.1. The Morgan fingerprint density at radius 2 is 2.00 bits per heavy atom. The van der Waals surface area contributed by atoms with Gasteiger partial charge in [-0.1, -0.05) is 30.0 Å². The molecule has 2 aromatic rings. The number of nitrogens with zero attached hydrogens (tertiary/aromatic N) is 5. The second-order valence-corrected chi connectivity index (χ2v) is 5.47. The van der Waals surface area contributed by atoms with Crippen molar-refractivity contribution in [3.8, 4) is 0 Å². The molecule has 3 rings (SSSR count). The fourth-order valence-corrected chi connectivity index (χ4v) is 2.95. The molecular formula is C12H11N5O2S. The van der Waals surface area contributed by atoms with E-state index < -0.39 is 5.25 Å². The predicted octanol–water partition coefficient (Wildman–Crippen LogP) is 0.634. The number of aromatic nitrogens is 4. The molecule has 1 aromatic carbocycles. The van der Waals surface area contributed by atoms with Gasteiger partial charge in [-0.3, -0.25) is 9.59 Å². The van der Waals surface area contributed by atoms with Gasteiger partial charge in [-0.2, -0.15) is 0 Å². The fraction of sp³-hybridized carbons (Fsp3) is 0.250. The Hall–Kier alpha value is -2.22. The van der Waals surface area contributed by atoms with E-state index in [-0.39, 0.29) is 18.2 Å². The van der Waals surface area contributed by atoms with Crippen LogP contribution in [0.15, 0.2) is 35.5 Å². The van der Waals surface area contributed by atoms with Crippen LogP contribution in [0.2, 0.25) is 0 Å². The molecular weight excluding hydrogens is 278 g/mol. The highest BCUT2D eigenvalue weighted by molar-refractivity contribution is 8.00. The zero-order valence-electron chi connectivity index (χ0n) is 10.6. The van der Waals surface area contributed by atoms with Crippen molar-refractivity contribution in [2.24, 2.45) is 7.05 Å². The Kier molecular flexibility index (Phi) is 3.23. The third-order valence-electron chi connectivity index (χ3n) is 2.95. The SMILES string of the molecule is Cn1nnnc1S[C@H]1CC(=O)N(c2ccccc2)C1=O. The Morgan fingerprint density at radius 3 is 2.65 bits per heavy atom. The van der Waals surface area contributed by atoms with E-state index in [0.717, 1.165) is 0 Å². The van der Waals surface area contributed by atoms with Gasteiger partial charge >= 0.3 is 0 Å². The summed E-state index contributed by atoms with van der Waals surface area (Å²) < 4.78 is 1.48. The van der Waals surface area contributed by atoms with Crippen molar-refractivity contribution in [2.75, 3.05) is 4.90 Å². The minimum absolute atomic E-state index is 0.158. The van der Waals surface area contributed by atoms with Gasteiger partial charge < -0.3 is 0 Å². The molecule has 0 N–H and O–H groups in total. The average molecular weight is 289 g/mol. The van der Waals surface area contributed by atoms with Crippen LogP contribution < -0.4 is 4.90 Å². The second kappa shape index (κ2) is 5.04. The zero-order valence-corrected chi connectivity index (χ0v) is 11.4. The summed E-state index contributed by atoms with van der Waals surface area (Å²) in [4.78, 5) is 25.6. The van der Waals surface area contributed by atoms with Crippen LogP contribution in [0.3, 0.4) is 0 Å². The van der Waals surface area contributed by atoms with Crippen LogP contribution in [-0.4, -0.2) is 37.3 Å². The predicted molar refractivity (Wildman–Crippen MR) is 72.0 cm³/mol. The lowest BCUT2D eigenvalue weighted by atomic mass is 10.3. The Morgan fingerprint density at radius 1 is 1.25 bits per heavy atom. The minimum atomic E-state index is -0.479. The van der Waals surface area contributed by atoms with Crippen molar-refractivity contribution >= 4 is 29.3 Å². The molecule has 0 aliphatic carbocycles.